The van der Waals surface area contributed by atoms with Gasteiger partial charge in [0.15, 0.2) is 0 Å². The Morgan fingerprint density at radius 3 is 2.57 bits per heavy atom. The summed E-state index contributed by atoms with van der Waals surface area (Å²) in [5, 5.41) is 8.15. The molecule has 3 nitrogen and oxygen atoms in total. The van der Waals surface area contributed by atoms with Crippen LogP contribution in [-0.4, -0.2) is 16.3 Å². The fourth-order valence-electron chi connectivity index (χ4n) is 2.51. The van der Waals surface area contributed by atoms with Crippen molar-refractivity contribution in [3.63, 3.8) is 0 Å². The Hall–Kier alpha value is -1.61. The van der Waals surface area contributed by atoms with Crippen molar-refractivity contribution in [2.75, 3.05) is 6.54 Å². The minimum absolute atomic E-state index is 0.393. The number of rotatable bonds is 6. The number of nitrogens with zero attached hydrogens (tertiary/aromatic N) is 2. The first-order valence-corrected chi connectivity index (χ1v) is 7.89. The van der Waals surface area contributed by atoms with Gasteiger partial charge in [-0.1, -0.05) is 30.7 Å². The summed E-state index contributed by atoms with van der Waals surface area (Å²) in [5.74, 6) is 0. The molecule has 2 rings (SSSR count). The van der Waals surface area contributed by atoms with E-state index in [1.807, 2.05) is 0 Å². The van der Waals surface area contributed by atoms with Gasteiger partial charge < -0.3 is 5.32 Å². The van der Waals surface area contributed by atoms with Gasteiger partial charge in [-0.25, -0.2) is 0 Å². The zero-order chi connectivity index (χ0) is 15.4. The van der Waals surface area contributed by atoms with E-state index in [9.17, 15) is 0 Å². The molecule has 0 spiro atoms. The van der Waals surface area contributed by atoms with E-state index in [0.29, 0.717) is 6.04 Å². The van der Waals surface area contributed by atoms with E-state index >= 15 is 0 Å². The summed E-state index contributed by atoms with van der Waals surface area (Å²) < 4.78 is 2.05. The Morgan fingerprint density at radius 2 is 1.95 bits per heavy atom. The van der Waals surface area contributed by atoms with E-state index in [-0.39, 0.29) is 0 Å². The SMILES string of the molecule is CCCNCc1ccc(C)cc1-c1cn(C(C)C)nc1C. The average molecular weight is 285 g/mol. The van der Waals surface area contributed by atoms with Crippen molar-refractivity contribution >= 4 is 0 Å². The summed E-state index contributed by atoms with van der Waals surface area (Å²) in [5.41, 5.74) is 6.30. The molecule has 2 aromatic rings. The molecule has 0 radical (unpaired) electrons. The number of benzene rings is 1. The van der Waals surface area contributed by atoms with Crippen molar-refractivity contribution < 1.29 is 0 Å². The summed E-state index contributed by atoms with van der Waals surface area (Å²) in [6.45, 7) is 12.7. The van der Waals surface area contributed by atoms with Crippen LogP contribution in [0.3, 0.4) is 0 Å². The van der Waals surface area contributed by atoms with Gasteiger partial charge in [-0.05, 0) is 51.8 Å². The largest absolute Gasteiger partial charge is 0.313 e. The quantitative estimate of drug-likeness (QED) is 0.804. The second kappa shape index (κ2) is 6.90. The van der Waals surface area contributed by atoms with Crippen LogP contribution < -0.4 is 5.32 Å². The number of aromatic nitrogens is 2. The fourth-order valence-corrected chi connectivity index (χ4v) is 2.51. The van der Waals surface area contributed by atoms with Gasteiger partial charge in [0.2, 0.25) is 0 Å². The summed E-state index contributed by atoms with van der Waals surface area (Å²) in [6, 6.07) is 7.09. The lowest BCUT2D eigenvalue weighted by molar-refractivity contribution is 0.529. The highest BCUT2D eigenvalue weighted by Crippen LogP contribution is 2.28. The van der Waals surface area contributed by atoms with Crippen LogP contribution in [0.25, 0.3) is 11.1 Å². The van der Waals surface area contributed by atoms with Gasteiger partial charge in [0.25, 0.3) is 0 Å². The zero-order valence-corrected chi connectivity index (χ0v) is 13.9. The third-order valence-corrected chi connectivity index (χ3v) is 3.74. The molecule has 3 heteroatoms. The fraction of sp³-hybridized carbons (Fsp3) is 0.500. The van der Waals surface area contributed by atoms with E-state index in [0.717, 1.165) is 25.2 Å². The van der Waals surface area contributed by atoms with Gasteiger partial charge in [0.1, 0.15) is 0 Å². The van der Waals surface area contributed by atoms with E-state index < -0.39 is 0 Å². The van der Waals surface area contributed by atoms with Crippen LogP contribution in [0, 0.1) is 13.8 Å². The Kier molecular flexibility index (Phi) is 5.18. The minimum Gasteiger partial charge on any atom is -0.313 e. The van der Waals surface area contributed by atoms with Gasteiger partial charge in [0.05, 0.1) is 5.69 Å². The molecule has 0 saturated carbocycles. The minimum atomic E-state index is 0.393. The summed E-state index contributed by atoms with van der Waals surface area (Å²) in [4.78, 5) is 0. The molecule has 0 unspecified atom stereocenters. The third-order valence-electron chi connectivity index (χ3n) is 3.74. The van der Waals surface area contributed by atoms with Crippen LogP contribution in [0.15, 0.2) is 24.4 Å². The van der Waals surface area contributed by atoms with Gasteiger partial charge in [0, 0.05) is 24.3 Å². The lowest BCUT2D eigenvalue weighted by atomic mass is 9.98. The first-order chi connectivity index (χ1) is 10.0. The molecule has 0 fully saturated rings. The highest BCUT2D eigenvalue weighted by molar-refractivity contribution is 5.69. The molecule has 0 aliphatic rings. The van der Waals surface area contributed by atoms with Crippen molar-refractivity contribution in [2.45, 2.75) is 53.6 Å². The summed E-state index contributed by atoms with van der Waals surface area (Å²) in [7, 11) is 0. The van der Waals surface area contributed by atoms with E-state index in [1.54, 1.807) is 0 Å². The van der Waals surface area contributed by atoms with E-state index in [1.165, 1.54) is 22.3 Å². The van der Waals surface area contributed by atoms with Crippen molar-refractivity contribution in [2.24, 2.45) is 0 Å². The predicted molar refractivity (Wildman–Crippen MR) is 89.5 cm³/mol. The van der Waals surface area contributed by atoms with Crippen molar-refractivity contribution in [1.29, 1.82) is 0 Å². The normalized spacial score (nSPS) is 11.3. The monoisotopic (exact) mass is 285 g/mol. The number of nitrogens with one attached hydrogen (secondary N) is 1. The first kappa shape index (κ1) is 15.8. The van der Waals surface area contributed by atoms with Crippen LogP contribution in [0.2, 0.25) is 0 Å². The Balaban J connectivity index is 2.39. The first-order valence-electron chi connectivity index (χ1n) is 7.89. The molecule has 0 amide bonds. The van der Waals surface area contributed by atoms with Crippen LogP contribution in [-0.2, 0) is 6.54 Å². The molecular weight excluding hydrogens is 258 g/mol. The second-order valence-electron chi connectivity index (χ2n) is 6.04. The molecule has 0 saturated heterocycles. The van der Waals surface area contributed by atoms with Crippen LogP contribution >= 0.6 is 0 Å². The Labute approximate surface area is 128 Å². The zero-order valence-electron chi connectivity index (χ0n) is 13.9. The van der Waals surface area contributed by atoms with E-state index in [4.69, 9.17) is 0 Å². The molecule has 0 aliphatic carbocycles. The molecule has 1 N–H and O–H groups in total. The lowest BCUT2D eigenvalue weighted by Gasteiger charge is -2.11. The van der Waals surface area contributed by atoms with Crippen molar-refractivity contribution in [3.05, 3.63) is 41.2 Å². The van der Waals surface area contributed by atoms with Gasteiger partial charge in [-0.2, -0.15) is 5.10 Å². The highest BCUT2D eigenvalue weighted by Gasteiger charge is 2.13. The molecule has 0 aliphatic heterocycles. The van der Waals surface area contributed by atoms with Gasteiger partial charge in [-0.15, -0.1) is 0 Å². The van der Waals surface area contributed by atoms with Crippen LogP contribution in [0.5, 0.6) is 0 Å². The maximum Gasteiger partial charge on any atom is 0.0672 e. The Morgan fingerprint density at radius 1 is 1.19 bits per heavy atom. The molecule has 1 aromatic carbocycles. The molecule has 1 aromatic heterocycles. The maximum atomic E-state index is 4.65. The predicted octanol–water partition coefficient (Wildman–Crippen LogP) is 4.25. The van der Waals surface area contributed by atoms with Crippen molar-refractivity contribution in [1.82, 2.24) is 15.1 Å². The number of hydrogen-bond donors (Lipinski definition) is 1. The second-order valence-corrected chi connectivity index (χ2v) is 6.04. The van der Waals surface area contributed by atoms with Gasteiger partial charge in [-0.3, -0.25) is 4.68 Å². The van der Waals surface area contributed by atoms with Crippen LogP contribution in [0.1, 0.15) is 50.1 Å². The summed E-state index contributed by atoms with van der Waals surface area (Å²) >= 11 is 0. The molecule has 114 valence electrons. The summed E-state index contributed by atoms with van der Waals surface area (Å²) in [6.07, 6.45) is 3.34. The highest BCUT2D eigenvalue weighted by atomic mass is 15.3. The lowest BCUT2D eigenvalue weighted by Crippen LogP contribution is -2.14. The van der Waals surface area contributed by atoms with Crippen LogP contribution in [0.4, 0.5) is 0 Å². The smallest absolute Gasteiger partial charge is 0.0672 e. The van der Waals surface area contributed by atoms with E-state index in [2.05, 4.69) is 74.1 Å². The number of aryl methyl sites for hydroxylation is 2. The topological polar surface area (TPSA) is 29.9 Å². The standard InChI is InChI=1S/C18H27N3/c1-6-9-19-11-16-8-7-14(4)10-17(16)18-12-21(13(2)3)20-15(18)5/h7-8,10,12-13,19H,6,9,11H2,1-5H3. The van der Waals surface area contributed by atoms with Gasteiger partial charge >= 0.3 is 0 Å². The molecule has 0 bridgehead atoms. The molecular formula is C18H27N3. The maximum absolute atomic E-state index is 4.65. The molecule has 21 heavy (non-hydrogen) atoms. The Bertz CT molecular complexity index is 597. The van der Waals surface area contributed by atoms with Crippen molar-refractivity contribution in [3.8, 4) is 11.1 Å². The number of hydrogen-bond acceptors (Lipinski definition) is 2. The average Bonchev–Trinajstić information content (AvgIpc) is 2.83. The molecule has 0 atom stereocenters. The third kappa shape index (κ3) is 3.73. The molecule has 1 heterocycles.